The molecule has 0 bridgehead atoms. The van der Waals surface area contributed by atoms with Crippen LogP contribution in [0.25, 0.3) is 0 Å². The van der Waals surface area contributed by atoms with Gasteiger partial charge >= 0.3 is 12.0 Å². The Labute approximate surface area is 118 Å². The highest BCUT2D eigenvalue weighted by atomic mass is 16.4. The molecule has 1 heterocycles. The Balaban J connectivity index is 1.96. The van der Waals surface area contributed by atoms with E-state index in [2.05, 4.69) is 0 Å². The lowest BCUT2D eigenvalue weighted by atomic mass is 10.4. The summed E-state index contributed by atoms with van der Waals surface area (Å²) in [5.74, 6) is -0.964. The number of hydrogen-bond donors (Lipinski definition) is 1. The summed E-state index contributed by atoms with van der Waals surface area (Å²) in [6, 6.07) is -0.133. The average molecular weight is 283 g/mol. The van der Waals surface area contributed by atoms with E-state index in [0.717, 1.165) is 19.3 Å². The standard InChI is InChI=1S/C13H21N3O4/c1-10(17)14-5-2-6-15(8-7-14)13(20)16(9-12(18)19)11-3-4-11/h11H,2-9H2,1H3,(H,18,19). The van der Waals surface area contributed by atoms with Gasteiger partial charge in [-0.1, -0.05) is 0 Å². The summed E-state index contributed by atoms with van der Waals surface area (Å²) in [5, 5.41) is 8.91. The molecule has 0 aromatic heterocycles. The minimum absolute atomic E-state index is 0.0175. The van der Waals surface area contributed by atoms with Crippen LogP contribution in [0, 0.1) is 0 Å². The third-order valence-electron chi connectivity index (χ3n) is 3.75. The number of aliphatic carboxylic acids is 1. The molecule has 0 atom stereocenters. The fourth-order valence-electron chi connectivity index (χ4n) is 2.49. The van der Waals surface area contributed by atoms with Gasteiger partial charge < -0.3 is 19.8 Å². The normalized spacial score (nSPS) is 19.4. The van der Waals surface area contributed by atoms with E-state index in [0.29, 0.717) is 26.2 Å². The quantitative estimate of drug-likeness (QED) is 0.803. The van der Waals surface area contributed by atoms with Gasteiger partial charge in [-0.15, -0.1) is 0 Å². The van der Waals surface area contributed by atoms with Crippen molar-refractivity contribution in [3.8, 4) is 0 Å². The Kier molecular flexibility index (Phi) is 4.46. The number of hydrogen-bond acceptors (Lipinski definition) is 3. The average Bonchev–Trinajstić information content (AvgIpc) is 3.20. The minimum Gasteiger partial charge on any atom is -0.480 e. The van der Waals surface area contributed by atoms with E-state index < -0.39 is 5.97 Å². The predicted molar refractivity (Wildman–Crippen MR) is 71.2 cm³/mol. The van der Waals surface area contributed by atoms with Crippen LogP contribution in [-0.4, -0.2) is 76.5 Å². The first-order chi connectivity index (χ1) is 9.49. The molecule has 3 amide bonds. The number of nitrogens with zero attached hydrogens (tertiary/aromatic N) is 3. The van der Waals surface area contributed by atoms with E-state index in [4.69, 9.17) is 5.11 Å². The van der Waals surface area contributed by atoms with E-state index in [1.807, 2.05) is 0 Å². The zero-order valence-corrected chi connectivity index (χ0v) is 11.7. The molecule has 20 heavy (non-hydrogen) atoms. The largest absolute Gasteiger partial charge is 0.480 e. The summed E-state index contributed by atoms with van der Waals surface area (Å²) < 4.78 is 0. The van der Waals surface area contributed by atoms with E-state index in [-0.39, 0.29) is 24.5 Å². The fraction of sp³-hybridized carbons (Fsp3) is 0.769. The first-order valence-corrected chi connectivity index (χ1v) is 7.02. The van der Waals surface area contributed by atoms with Crippen molar-refractivity contribution in [2.75, 3.05) is 32.7 Å². The summed E-state index contributed by atoms with van der Waals surface area (Å²) in [6.45, 7) is 3.51. The van der Waals surface area contributed by atoms with Crippen molar-refractivity contribution in [1.82, 2.24) is 14.7 Å². The van der Waals surface area contributed by atoms with Crippen molar-refractivity contribution >= 4 is 17.9 Å². The fourth-order valence-corrected chi connectivity index (χ4v) is 2.49. The Morgan fingerprint density at radius 2 is 1.70 bits per heavy atom. The van der Waals surface area contributed by atoms with E-state index >= 15 is 0 Å². The van der Waals surface area contributed by atoms with Crippen molar-refractivity contribution < 1.29 is 19.5 Å². The zero-order valence-electron chi connectivity index (χ0n) is 11.7. The first-order valence-electron chi connectivity index (χ1n) is 7.02. The molecule has 7 nitrogen and oxygen atoms in total. The van der Waals surface area contributed by atoms with Gasteiger partial charge in [-0.3, -0.25) is 9.59 Å². The molecule has 2 fully saturated rings. The topological polar surface area (TPSA) is 81.2 Å². The maximum Gasteiger partial charge on any atom is 0.323 e. The summed E-state index contributed by atoms with van der Waals surface area (Å²) in [4.78, 5) is 39.5. The molecule has 1 aliphatic carbocycles. The lowest BCUT2D eigenvalue weighted by Gasteiger charge is -2.29. The molecule has 1 aliphatic heterocycles. The smallest absolute Gasteiger partial charge is 0.323 e. The van der Waals surface area contributed by atoms with Crippen LogP contribution in [-0.2, 0) is 9.59 Å². The van der Waals surface area contributed by atoms with Crippen molar-refractivity contribution in [2.45, 2.75) is 32.2 Å². The van der Waals surface area contributed by atoms with Crippen LogP contribution in [0.15, 0.2) is 0 Å². The molecule has 7 heteroatoms. The van der Waals surface area contributed by atoms with Gasteiger partial charge in [-0.25, -0.2) is 4.79 Å². The third-order valence-corrected chi connectivity index (χ3v) is 3.75. The van der Waals surface area contributed by atoms with Crippen molar-refractivity contribution in [1.29, 1.82) is 0 Å². The van der Waals surface area contributed by atoms with Gasteiger partial charge in [0.2, 0.25) is 5.91 Å². The van der Waals surface area contributed by atoms with E-state index in [1.165, 1.54) is 11.8 Å². The van der Waals surface area contributed by atoms with Crippen LogP contribution >= 0.6 is 0 Å². The number of urea groups is 1. The van der Waals surface area contributed by atoms with Gasteiger partial charge in [0.15, 0.2) is 0 Å². The lowest BCUT2D eigenvalue weighted by Crippen LogP contribution is -2.47. The number of amides is 3. The van der Waals surface area contributed by atoms with Crippen LogP contribution in [0.5, 0.6) is 0 Å². The zero-order chi connectivity index (χ0) is 14.7. The van der Waals surface area contributed by atoms with E-state index in [1.54, 1.807) is 9.80 Å². The first kappa shape index (κ1) is 14.6. The molecule has 0 radical (unpaired) electrons. The molecule has 2 rings (SSSR count). The van der Waals surface area contributed by atoms with Crippen LogP contribution in [0.3, 0.4) is 0 Å². The summed E-state index contributed by atoms with van der Waals surface area (Å²) in [6.07, 6.45) is 2.50. The third kappa shape index (κ3) is 3.61. The summed E-state index contributed by atoms with van der Waals surface area (Å²) in [7, 11) is 0. The van der Waals surface area contributed by atoms with Gasteiger partial charge in [0, 0.05) is 39.1 Å². The highest BCUT2D eigenvalue weighted by Gasteiger charge is 2.36. The number of carboxylic acid groups (broad SMARTS) is 1. The van der Waals surface area contributed by atoms with Crippen LogP contribution < -0.4 is 0 Å². The second kappa shape index (κ2) is 6.11. The molecule has 0 spiro atoms. The molecule has 0 aromatic rings. The number of carboxylic acids is 1. The highest BCUT2D eigenvalue weighted by molar-refractivity contribution is 5.81. The van der Waals surface area contributed by atoms with Gasteiger partial charge in [0.1, 0.15) is 6.54 Å². The molecule has 1 saturated carbocycles. The van der Waals surface area contributed by atoms with Gasteiger partial charge in [-0.05, 0) is 19.3 Å². The SMILES string of the molecule is CC(=O)N1CCCN(C(=O)N(CC(=O)O)C2CC2)CC1. The second-order valence-electron chi connectivity index (χ2n) is 5.38. The van der Waals surface area contributed by atoms with Crippen LogP contribution in [0.1, 0.15) is 26.2 Å². The van der Waals surface area contributed by atoms with Gasteiger partial charge in [0.25, 0.3) is 0 Å². The van der Waals surface area contributed by atoms with Crippen molar-refractivity contribution in [3.63, 3.8) is 0 Å². The molecule has 1 saturated heterocycles. The molecule has 0 aromatic carbocycles. The second-order valence-corrected chi connectivity index (χ2v) is 5.38. The van der Waals surface area contributed by atoms with E-state index in [9.17, 15) is 14.4 Å². The summed E-state index contributed by atoms with van der Waals surface area (Å²) in [5.41, 5.74) is 0. The van der Waals surface area contributed by atoms with Gasteiger partial charge in [0.05, 0.1) is 0 Å². The molecule has 1 N–H and O–H groups in total. The summed E-state index contributed by atoms with van der Waals surface area (Å²) >= 11 is 0. The Morgan fingerprint density at radius 1 is 1.10 bits per heavy atom. The van der Waals surface area contributed by atoms with Gasteiger partial charge in [-0.2, -0.15) is 0 Å². The number of carbonyl (C=O) groups is 3. The molecular weight excluding hydrogens is 262 g/mol. The monoisotopic (exact) mass is 283 g/mol. The number of rotatable bonds is 3. The minimum atomic E-state index is -0.981. The van der Waals surface area contributed by atoms with Crippen molar-refractivity contribution in [2.24, 2.45) is 0 Å². The molecule has 112 valence electrons. The van der Waals surface area contributed by atoms with Crippen molar-refractivity contribution in [3.05, 3.63) is 0 Å². The molecular formula is C13H21N3O4. The molecule has 0 unspecified atom stereocenters. The predicted octanol–water partition coefficient (Wildman–Crippen LogP) is 0.210. The van der Waals surface area contributed by atoms with Crippen LogP contribution in [0.2, 0.25) is 0 Å². The highest BCUT2D eigenvalue weighted by Crippen LogP contribution is 2.27. The Morgan fingerprint density at radius 3 is 2.25 bits per heavy atom. The van der Waals surface area contributed by atoms with Crippen LogP contribution in [0.4, 0.5) is 4.79 Å². The molecule has 2 aliphatic rings. The maximum atomic E-state index is 12.4. The number of carbonyl (C=O) groups excluding carboxylic acids is 2. The Bertz CT molecular complexity index is 408. The Hall–Kier alpha value is -1.79. The maximum absolute atomic E-state index is 12.4. The lowest BCUT2D eigenvalue weighted by molar-refractivity contribution is -0.137.